The van der Waals surface area contributed by atoms with E-state index in [0.29, 0.717) is 5.11 Å². The Morgan fingerprint density at radius 3 is 2.26 bits per heavy atom. The van der Waals surface area contributed by atoms with E-state index >= 15 is 0 Å². The van der Waals surface area contributed by atoms with Crippen LogP contribution in [0.2, 0.25) is 0 Å². The minimum absolute atomic E-state index is 0.0891. The lowest BCUT2D eigenvalue weighted by Gasteiger charge is -2.23. The van der Waals surface area contributed by atoms with E-state index in [0.717, 1.165) is 18.8 Å². The summed E-state index contributed by atoms with van der Waals surface area (Å²) in [6.45, 7) is 1.97. The Balaban J connectivity index is 1.95. The number of non-ortho nitro benzene ring substituents is 1. The van der Waals surface area contributed by atoms with Crippen molar-refractivity contribution < 1.29 is 4.92 Å². The van der Waals surface area contributed by atoms with Crippen molar-refractivity contribution in [3.8, 4) is 0 Å². The molecule has 0 bridgehead atoms. The van der Waals surface area contributed by atoms with Crippen LogP contribution < -0.4 is 5.32 Å². The second-order valence-corrected chi connectivity index (χ2v) is 5.02. The first kappa shape index (κ1) is 13.7. The van der Waals surface area contributed by atoms with E-state index < -0.39 is 4.92 Å². The van der Waals surface area contributed by atoms with Crippen LogP contribution in [-0.4, -0.2) is 28.0 Å². The van der Waals surface area contributed by atoms with Crippen LogP contribution in [0.15, 0.2) is 24.3 Å². The number of thiocarbonyl (C=S) groups is 1. The summed E-state index contributed by atoms with van der Waals surface area (Å²) in [6, 6.07) is 6.32. The van der Waals surface area contributed by atoms with E-state index in [9.17, 15) is 10.1 Å². The van der Waals surface area contributed by atoms with Crippen LogP contribution in [0, 0.1) is 10.1 Å². The monoisotopic (exact) mass is 279 g/mol. The number of nitrogens with zero attached hydrogens (tertiary/aromatic N) is 2. The standard InChI is InChI=1S/C13H17N3O2S/c17-16(18)12-7-5-11(6-8-12)14-13(19)15-9-3-1-2-4-10-15/h5-8H,1-4,9-10H2,(H,14,19). The molecular weight excluding hydrogens is 262 g/mol. The summed E-state index contributed by atoms with van der Waals surface area (Å²) >= 11 is 5.38. The van der Waals surface area contributed by atoms with E-state index in [2.05, 4.69) is 10.2 Å². The lowest BCUT2D eigenvalue weighted by atomic mass is 10.2. The predicted octanol–water partition coefficient (Wildman–Crippen LogP) is 3.17. The maximum absolute atomic E-state index is 10.6. The molecule has 1 fully saturated rings. The van der Waals surface area contributed by atoms with Crippen molar-refractivity contribution in [1.82, 2.24) is 4.90 Å². The molecule has 2 rings (SSSR count). The summed E-state index contributed by atoms with van der Waals surface area (Å²) in [4.78, 5) is 12.3. The Hall–Kier alpha value is -1.69. The molecule has 0 unspecified atom stereocenters. The van der Waals surface area contributed by atoms with Gasteiger partial charge in [0.05, 0.1) is 4.92 Å². The molecule has 1 aromatic rings. The number of benzene rings is 1. The first-order valence-corrected chi connectivity index (χ1v) is 6.88. The van der Waals surface area contributed by atoms with Crippen LogP contribution >= 0.6 is 12.2 Å². The summed E-state index contributed by atoms with van der Waals surface area (Å²) in [5, 5.41) is 14.4. The predicted molar refractivity (Wildman–Crippen MR) is 79.4 cm³/mol. The summed E-state index contributed by atoms with van der Waals surface area (Å²) in [6.07, 6.45) is 4.86. The molecule has 5 nitrogen and oxygen atoms in total. The van der Waals surface area contributed by atoms with Crippen LogP contribution in [-0.2, 0) is 0 Å². The van der Waals surface area contributed by atoms with Crippen LogP contribution in [0.25, 0.3) is 0 Å². The normalized spacial score (nSPS) is 15.7. The lowest BCUT2D eigenvalue weighted by Crippen LogP contribution is -2.35. The van der Waals surface area contributed by atoms with Crippen molar-refractivity contribution in [3.05, 3.63) is 34.4 Å². The van der Waals surface area contributed by atoms with Gasteiger partial charge in [-0.1, -0.05) is 12.8 Å². The minimum Gasteiger partial charge on any atom is -0.349 e. The number of rotatable bonds is 2. The molecule has 19 heavy (non-hydrogen) atoms. The Morgan fingerprint density at radius 1 is 1.16 bits per heavy atom. The zero-order valence-corrected chi connectivity index (χ0v) is 11.5. The molecule has 1 N–H and O–H groups in total. The van der Waals surface area contributed by atoms with Crippen molar-refractivity contribution in [2.45, 2.75) is 25.7 Å². The van der Waals surface area contributed by atoms with Crippen molar-refractivity contribution in [2.75, 3.05) is 18.4 Å². The molecule has 1 heterocycles. The maximum atomic E-state index is 10.6. The molecular formula is C13H17N3O2S. The molecule has 0 aliphatic carbocycles. The van der Waals surface area contributed by atoms with E-state index in [4.69, 9.17) is 12.2 Å². The highest BCUT2D eigenvalue weighted by molar-refractivity contribution is 7.80. The molecule has 0 amide bonds. The Labute approximate surface area is 117 Å². The maximum Gasteiger partial charge on any atom is 0.269 e. The van der Waals surface area contributed by atoms with E-state index in [1.54, 1.807) is 12.1 Å². The zero-order chi connectivity index (χ0) is 13.7. The van der Waals surface area contributed by atoms with Gasteiger partial charge in [0.15, 0.2) is 5.11 Å². The quantitative estimate of drug-likeness (QED) is 0.512. The molecule has 0 saturated carbocycles. The Kier molecular flexibility index (Phi) is 4.68. The number of nitro groups is 1. The van der Waals surface area contributed by atoms with E-state index in [-0.39, 0.29) is 5.69 Å². The third-order valence-corrected chi connectivity index (χ3v) is 3.58. The number of hydrogen-bond acceptors (Lipinski definition) is 3. The smallest absolute Gasteiger partial charge is 0.269 e. The van der Waals surface area contributed by atoms with Gasteiger partial charge in [-0.15, -0.1) is 0 Å². The Bertz CT molecular complexity index is 453. The highest BCUT2D eigenvalue weighted by Gasteiger charge is 2.12. The number of nitrogens with one attached hydrogen (secondary N) is 1. The number of hydrogen-bond donors (Lipinski definition) is 1. The minimum atomic E-state index is -0.406. The van der Waals surface area contributed by atoms with Gasteiger partial charge in [-0.25, -0.2) is 0 Å². The summed E-state index contributed by atoms with van der Waals surface area (Å²) in [5.41, 5.74) is 0.881. The van der Waals surface area contributed by atoms with E-state index in [1.165, 1.54) is 37.8 Å². The van der Waals surface area contributed by atoms with Crippen molar-refractivity contribution >= 4 is 28.7 Å². The first-order valence-electron chi connectivity index (χ1n) is 6.47. The summed E-state index contributed by atoms with van der Waals surface area (Å²) in [5.74, 6) is 0. The fourth-order valence-corrected chi connectivity index (χ4v) is 2.44. The molecule has 6 heteroatoms. The third-order valence-electron chi connectivity index (χ3n) is 3.22. The van der Waals surface area contributed by atoms with Gasteiger partial charge in [-0.05, 0) is 37.2 Å². The molecule has 1 aliphatic rings. The van der Waals surface area contributed by atoms with Crippen molar-refractivity contribution in [3.63, 3.8) is 0 Å². The lowest BCUT2D eigenvalue weighted by molar-refractivity contribution is -0.384. The molecule has 102 valence electrons. The fraction of sp³-hybridized carbons (Fsp3) is 0.462. The fourth-order valence-electron chi connectivity index (χ4n) is 2.14. The van der Waals surface area contributed by atoms with Gasteiger partial charge in [0.25, 0.3) is 5.69 Å². The molecule has 1 saturated heterocycles. The second-order valence-electron chi connectivity index (χ2n) is 4.64. The van der Waals surface area contributed by atoms with Gasteiger partial charge in [-0.2, -0.15) is 0 Å². The zero-order valence-electron chi connectivity index (χ0n) is 10.7. The topological polar surface area (TPSA) is 58.4 Å². The number of likely N-dealkylation sites (tertiary alicyclic amines) is 1. The average molecular weight is 279 g/mol. The molecule has 0 radical (unpaired) electrons. The molecule has 1 aliphatic heterocycles. The van der Waals surface area contributed by atoms with Crippen LogP contribution in [0.3, 0.4) is 0 Å². The molecule has 0 atom stereocenters. The van der Waals surface area contributed by atoms with Crippen molar-refractivity contribution in [2.24, 2.45) is 0 Å². The first-order chi connectivity index (χ1) is 9.16. The van der Waals surface area contributed by atoms with Gasteiger partial charge in [-0.3, -0.25) is 10.1 Å². The van der Waals surface area contributed by atoms with Gasteiger partial charge in [0.2, 0.25) is 0 Å². The molecule has 1 aromatic carbocycles. The SMILES string of the molecule is O=[N+]([O-])c1ccc(NC(=S)N2CCCCCC2)cc1. The van der Waals surface area contributed by atoms with Gasteiger partial charge >= 0.3 is 0 Å². The highest BCUT2D eigenvalue weighted by Crippen LogP contribution is 2.17. The van der Waals surface area contributed by atoms with Crippen LogP contribution in [0.4, 0.5) is 11.4 Å². The molecule has 0 spiro atoms. The van der Waals surface area contributed by atoms with Gasteiger partial charge < -0.3 is 10.2 Å². The van der Waals surface area contributed by atoms with Crippen LogP contribution in [0.5, 0.6) is 0 Å². The highest BCUT2D eigenvalue weighted by atomic mass is 32.1. The van der Waals surface area contributed by atoms with Gasteiger partial charge in [0.1, 0.15) is 0 Å². The largest absolute Gasteiger partial charge is 0.349 e. The summed E-state index contributed by atoms with van der Waals surface area (Å²) in [7, 11) is 0. The third kappa shape index (κ3) is 3.89. The second kappa shape index (κ2) is 6.47. The van der Waals surface area contributed by atoms with Gasteiger partial charge in [0, 0.05) is 30.9 Å². The molecule has 0 aromatic heterocycles. The summed E-state index contributed by atoms with van der Waals surface area (Å²) < 4.78 is 0. The number of nitro benzene ring substituents is 1. The van der Waals surface area contributed by atoms with E-state index in [1.807, 2.05) is 0 Å². The van der Waals surface area contributed by atoms with Crippen LogP contribution in [0.1, 0.15) is 25.7 Å². The van der Waals surface area contributed by atoms with Crippen molar-refractivity contribution in [1.29, 1.82) is 0 Å². The number of anilines is 1. The Morgan fingerprint density at radius 2 is 1.74 bits per heavy atom. The average Bonchev–Trinajstić information content (AvgIpc) is 2.68.